The Kier molecular flexibility index (Phi) is 5.83. The van der Waals surface area contributed by atoms with Crippen molar-refractivity contribution in [1.82, 2.24) is 0 Å². The van der Waals surface area contributed by atoms with Gasteiger partial charge >= 0.3 is 0 Å². The van der Waals surface area contributed by atoms with E-state index in [1.165, 1.54) is 5.56 Å². The van der Waals surface area contributed by atoms with E-state index in [1.54, 1.807) is 6.92 Å². The van der Waals surface area contributed by atoms with Gasteiger partial charge in [-0.1, -0.05) is 19.1 Å². The third-order valence-corrected chi connectivity index (χ3v) is 3.23. The van der Waals surface area contributed by atoms with Gasteiger partial charge < -0.3 is 16.2 Å². The molecule has 4 nitrogen and oxygen atoms in total. The van der Waals surface area contributed by atoms with Crippen molar-refractivity contribution in [1.29, 1.82) is 0 Å². The summed E-state index contributed by atoms with van der Waals surface area (Å²) in [4.78, 5) is 11.0. The topological polar surface area (TPSA) is 78.3 Å². The molecule has 1 aromatic carbocycles. The van der Waals surface area contributed by atoms with Gasteiger partial charge in [-0.05, 0) is 50.3 Å². The summed E-state index contributed by atoms with van der Waals surface area (Å²) in [5.41, 5.74) is 11.3. The molecule has 0 spiro atoms. The molecule has 1 amide bonds. The second-order valence-corrected chi connectivity index (χ2v) is 5.09. The van der Waals surface area contributed by atoms with Gasteiger partial charge in [0.15, 0.2) is 0 Å². The van der Waals surface area contributed by atoms with Gasteiger partial charge in [0.25, 0.3) is 0 Å². The maximum Gasteiger partial charge on any atom is 0.237 e. The minimum atomic E-state index is -0.915. The number of aryl methyl sites for hydroxylation is 1. The zero-order chi connectivity index (χ0) is 14.3. The molecule has 0 fully saturated rings. The molecule has 19 heavy (non-hydrogen) atoms. The average molecular weight is 264 g/mol. The molecule has 1 unspecified atom stereocenters. The average Bonchev–Trinajstić information content (AvgIpc) is 2.38. The van der Waals surface area contributed by atoms with Crippen molar-refractivity contribution in [3.63, 3.8) is 0 Å². The summed E-state index contributed by atoms with van der Waals surface area (Å²) in [6.45, 7) is 4.41. The molecule has 106 valence electrons. The van der Waals surface area contributed by atoms with Crippen molar-refractivity contribution >= 4 is 5.91 Å². The Hall–Kier alpha value is -1.55. The highest BCUT2D eigenvalue weighted by Crippen LogP contribution is 2.15. The van der Waals surface area contributed by atoms with Crippen molar-refractivity contribution in [3.05, 3.63) is 29.8 Å². The first-order chi connectivity index (χ1) is 8.95. The molecule has 0 aliphatic heterocycles. The van der Waals surface area contributed by atoms with E-state index in [0.29, 0.717) is 13.0 Å². The fourth-order valence-electron chi connectivity index (χ4n) is 1.76. The molecule has 0 aromatic heterocycles. The number of carbonyl (C=O) groups excluding carboxylic acids is 1. The van der Waals surface area contributed by atoms with Crippen LogP contribution < -0.4 is 16.2 Å². The van der Waals surface area contributed by atoms with Crippen molar-refractivity contribution in [2.45, 2.75) is 45.1 Å². The minimum Gasteiger partial charge on any atom is -0.494 e. The molecule has 0 radical (unpaired) electrons. The number of benzene rings is 1. The molecule has 0 bridgehead atoms. The number of hydrogen-bond donors (Lipinski definition) is 2. The molecule has 0 aliphatic rings. The predicted octanol–water partition coefficient (Wildman–Crippen LogP) is 2.00. The van der Waals surface area contributed by atoms with Crippen molar-refractivity contribution in [2.24, 2.45) is 11.5 Å². The second-order valence-electron chi connectivity index (χ2n) is 5.09. The van der Waals surface area contributed by atoms with E-state index >= 15 is 0 Å². The first-order valence-electron chi connectivity index (χ1n) is 6.76. The third-order valence-electron chi connectivity index (χ3n) is 3.23. The molecule has 1 aromatic rings. The highest BCUT2D eigenvalue weighted by Gasteiger charge is 2.24. The van der Waals surface area contributed by atoms with Gasteiger partial charge in [-0.15, -0.1) is 0 Å². The van der Waals surface area contributed by atoms with Crippen LogP contribution in [0.2, 0.25) is 0 Å². The zero-order valence-electron chi connectivity index (χ0n) is 11.8. The van der Waals surface area contributed by atoms with Crippen LogP contribution >= 0.6 is 0 Å². The maximum atomic E-state index is 11.0. The smallest absolute Gasteiger partial charge is 0.237 e. The predicted molar refractivity (Wildman–Crippen MR) is 77.0 cm³/mol. The summed E-state index contributed by atoms with van der Waals surface area (Å²) in [5.74, 6) is 0.439. The molecule has 4 N–H and O–H groups in total. The van der Waals surface area contributed by atoms with Crippen molar-refractivity contribution in [2.75, 3.05) is 6.61 Å². The Morgan fingerprint density at radius 3 is 2.74 bits per heavy atom. The van der Waals surface area contributed by atoms with Crippen LogP contribution in [-0.2, 0) is 11.2 Å². The van der Waals surface area contributed by atoms with Gasteiger partial charge in [0.2, 0.25) is 5.91 Å². The fraction of sp³-hybridized carbons (Fsp3) is 0.533. The van der Waals surface area contributed by atoms with E-state index in [0.717, 1.165) is 25.0 Å². The van der Waals surface area contributed by atoms with E-state index in [1.807, 2.05) is 12.1 Å². The number of nitrogens with two attached hydrogens (primary N) is 2. The normalized spacial score (nSPS) is 13.8. The molecule has 1 rings (SSSR count). The van der Waals surface area contributed by atoms with Crippen LogP contribution in [0.3, 0.4) is 0 Å². The van der Waals surface area contributed by atoms with E-state index in [4.69, 9.17) is 16.2 Å². The quantitative estimate of drug-likeness (QED) is 0.705. The molecular weight excluding hydrogens is 240 g/mol. The largest absolute Gasteiger partial charge is 0.494 e. The van der Waals surface area contributed by atoms with Gasteiger partial charge in [-0.3, -0.25) is 4.79 Å². The first kappa shape index (κ1) is 15.5. The lowest BCUT2D eigenvalue weighted by Crippen LogP contribution is -2.49. The van der Waals surface area contributed by atoms with Gasteiger partial charge in [0.05, 0.1) is 12.1 Å². The van der Waals surface area contributed by atoms with Crippen molar-refractivity contribution in [3.8, 4) is 5.75 Å². The van der Waals surface area contributed by atoms with Gasteiger partial charge in [0, 0.05) is 0 Å². The molecule has 0 aliphatic carbocycles. The van der Waals surface area contributed by atoms with E-state index < -0.39 is 11.4 Å². The van der Waals surface area contributed by atoms with Crippen LogP contribution in [-0.4, -0.2) is 18.1 Å². The van der Waals surface area contributed by atoms with Crippen LogP contribution in [0.25, 0.3) is 0 Å². The summed E-state index contributed by atoms with van der Waals surface area (Å²) in [5, 5.41) is 0. The molecule has 0 saturated heterocycles. The summed E-state index contributed by atoms with van der Waals surface area (Å²) in [7, 11) is 0. The Morgan fingerprint density at radius 2 is 2.11 bits per heavy atom. The van der Waals surface area contributed by atoms with Crippen LogP contribution in [0, 0.1) is 0 Å². The highest BCUT2D eigenvalue weighted by atomic mass is 16.5. The van der Waals surface area contributed by atoms with Crippen molar-refractivity contribution < 1.29 is 9.53 Å². The Morgan fingerprint density at radius 1 is 1.37 bits per heavy atom. The fourth-order valence-corrected chi connectivity index (χ4v) is 1.76. The minimum absolute atomic E-state index is 0.455. The Balaban J connectivity index is 2.26. The van der Waals surface area contributed by atoms with E-state index in [9.17, 15) is 4.79 Å². The van der Waals surface area contributed by atoms with Crippen LogP contribution in [0.15, 0.2) is 24.3 Å². The number of rotatable bonds is 8. The SMILES string of the molecule is CCc1cccc(OCCCCC(C)(N)C(N)=O)c1. The lowest BCUT2D eigenvalue weighted by Gasteiger charge is -2.19. The summed E-state index contributed by atoms with van der Waals surface area (Å²) >= 11 is 0. The van der Waals surface area contributed by atoms with E-state index in [-0.39, 0.29) is 0 Å². The molecule has 1 atom stereocenters. The lowest BCUT2D eigenvalue weighted by molar-refractivity contribution is -0.122. The first-order valence-corrected chi connectivity index (χ1v) is 6.76. The van der Waals surface area contributed by atoms with Crippen LogP contribution in [0.4, 0.5) is 0 Å². The number of amides is 1. The summed E-state index contributed by atoms with van der Waals surface area (Å²) < 4.78 is 5.67. The number of ether oxygens (including phenoxy) is 1. The second kappa shape index (κ2) is 7.14. The number of primary amides is 1. The highest BCUT2D eigenvalue weighted by molar-refractivity contribution is 5.83. The maximum absolute atomic E-state index is 11.0. The summed E-state index contributed by atoms with van der Waals surface area (Å²) in [6.07, 6.45) is 3.27. The lowest BCUT2D eigenvalue weighted by atomic mass is 9.96. The number of unbranched alkanes of at least 4 members (excludes halogenated alkanes) is 1. The summed E-state index contributed by atoms with van der Waals surface area (Å²) in [6, 6.07) is 8.09. The molecular formula is C15H24N2O2. The van der Waals surface area contributed by atoms with Crippen LogP contribution in [0.5, 0.6) is 5.75 Å². The van der Waals surface area contributed by atoms with Gasteiger partial charge in [0.1, 0.15) is 5.75 Å². The molecule has 0 saturated carbocycles. The number of carbonyl (C=O) groups is 1. The molecule has 4 heteroatoms. The Labute approximate surface area is 115 Å². The Bertz CT molecular complexity index is 416. The monoisotopic (exact) mass is 264 g/mol. The van der Waals surface area contributed by atoms with Crippen LogP contribution in [0.1, 0.15) is 38.7 Å². The van der Waals surface area contributed by atoms with E-state index in [2.05, 4.69) is 19.1 Å². The third kappa shape index (κ3) is 5.30. The van der Waals surface area contributed by atoms with Gasteiger partial charge in [-0.25, -0.2) is 0 Å². The number of hydrogen-bond acceptors (Lipinski definition) is 3. The van der Waals surface area contributed by atoms with Gasteiger partial charge in [-0.2, -0.15) is 0 Å². The molecule has 0 heterocycles. The standard InChI is InChI=1S/C15H24N2O2/c1-3-12-7-6-8-13(11-12)19-10-5-4-9-15(2,17)14(16)18/h6-8,11H,3-5,9-10,17H2,1-2H3,(H2,16,18). The zero-order valence-corrected chi connectivity index (χ0v) is 11.8.